The Morgan fingerprint density at radius 1 is 1.00 bits per heavy atom. The highest BCUT2D eigenvalue weighted by Crippen LogP contribution is 2.39. The van der Waals surface area contributed by atoms with Crippen LogP contribution in [-0.2, 0) is 0 Å². The van der Waals surface area contributed by atoms with E-state index in [9.17, 15) is 9.90 Å². The fraction of sp³-hybridized carbons (Fsp3) is 0.375. The van der Waals surface area contributed by atoms with Crippen molar-refractivity contribution >= 4 is 16.9 Å². The average molecular weight is 419 g/mol. The summed E-state index contributed by atoms with van der Waals surface area (Å²) in [5, 5.41) is 10.7. The molecule has 2 aliphatic rings. The molecule has 2 aromatic carbocycles. The molecule has 0 radical (unpaired) electrons. The second-order valence-electron chi connectivity index (χ2n) is 8.32. The number of carbonyl (C=O) groups is 1. The lowest BCUT2D eigenvalue weighted by Crippen LogP contribution is -2.42. The molecule has 1 aliphatic carbocycles. The number of fused-ring (bicyclic) bond motifs is 2. The minimum Gasteiger partial charge on any atom is -0.493 e. The van der Waals surface area contributed by atoms with Gasteiger partial charge in [0.1, 0.15) is 11.8 Å². The lowest BCUT2D eigenvalue weighted by Gasteiger charge is -2.35. The van der Waals surface area contributed by atoms with E-state index in [1.807, 2.05) is 53.4 Å². The number of ether oxygens (including phenoxy) is 2. The first-order valence-electron chi connectivity index (χ1n) is 10.6. The molecule has 160 valence electrons. The number of hydrogen-bond acceptors (Lipinski definition) is 6. The monoisotopic (exact) mass is 419 g/mol. The number of aliphatic hydroxyl groups is 1. The van der Waals surface area contributed by atoms with Crippen LogP contribution in [0.1, 0.15) is 23.3 Å². The Balaban J connectivity index is 1.29. The van der Waals surface area contributed by atoms with Gasteiger partial charge in [-0.25, -0.2) is 4.98 Å². The zero-order valence-corrected chi connectivity index (χ0v) is 17.3. The van der Waals surface area contributed by atoms with Crippen molar-refractivity contribution in [1.29, 1.82) is 0 Å². The topological polar surface area (TPSA) is 84.8 Å². The molecular formula is C24H25N3O4. The fourth-order valence-corrected chi connectivity index (χ4v) is 4.78. The van der Waals surface area contributed by atoms with Crippen molar-refractivity contribution in [3.8, 4) is 11.5 Å². The van der Waals surface area contributed by atoms with Gasteiger partial charge in [-0.2, -0.15) is 0 Å². The molecule has 4 atom stereocenters. The van der Waals surface area contributed by atoms with E-state index >= 15 is 0 Å². The molecule has 5 rings (SSSR count). The first kappa shape index (κ1) is 19.8. The van der Waals surface area contributed by atoms with E-state index in [2.05, 4.69) is 9.97 Å². The standard InChI is InChI=1S/C24H25N3O4/c1-30-21-8-4-5-9-22(21)31-23-11-16-14-27(13-15(16)10-20(23)28)24(29)19-12-25-17-6-2-3-7-18(17)26-19/h2-9,12,15-16,20,23,28H,10-11,13-14H2,1H3/t15-,16+,20+,23+/m0/s1. The third-order valence-corrected chi connectivity index (χ3v) is 6.39. The molecule has 0 bridgehead atoms. The molecule has 0 unspecified atom stereocenters. The van der Waals surface area contributed by atoms with E-state index in [1.165, 1.54) is 0 Å². The SMILES string of the molecule is COc1ccccc1O[C@@H]1C[C@@H]2CN(C(=O)c3cnc4ccccc4n3)C[C@@H]2C[C@H]1O. The maximum atomic E-state index is 13.1. The Hall–Kier alpha value is -3.19. The van der Waals surface area contributed by atoms with Crippen LogP contribution in [0.25, 0.3) is 11.0 Å². The van der Waals surface area contributed by atoms with Crippen molar-refractivity contribution in [3.05, 3.63) is 60.4 Å². The number of carbonyl (C=O) groups excluding carboxylic acids is 1. The van der Waals surface area contributed by atoms with Gasteiger partial charge in [-0.15, -0.1) is 0 Å². The molecule has 31 heavy (non-hydrogen) atoms. The summed E-state index contributed by atoms with van der Waals surface area (Å²) >= 11 is 0. The van der Waals surface area contributed by atoms with Crippen LogP contribution >= 0.6 is 0 Å². The smallest absolute Gasteiger partial charge is 0.274 e. The lowest BCUT2D eigenvalue weighted by atomic mass is 9.78. The first-order chi connectivity index (χ1) is 15.1. The third-order valence-electron chi connectivity index (χ3n) is 6.39. The molecule has 3 aromatic rings. The highest BCUT2D eigenvalue weighted by molar-refractivity contribution is 5.94. The number of amides is 1. The van der Waals surface area contributed by atoms with Gasteiger partial charge in [0.15, 0.2) is 11.5 Å². The predicted molar refractivity (Wildman–Crippen MR) is 115 cm³/mol. The summed E-state index contributed by atoms with van der Waals surface area (Å²) in [7, 11) is 1.60. The molecule has 0 spiro atoms. The first-order valence-corrected chi connectivity index (χ1v) is 10.6. The van der Waals surface area contributed by atoms with Crippen molar-refractivity contribution in [3.63, 3.8) is 0 Å². The maximum absolute atomic E-state index is 13.1. The zero-order chi connectivity index (χ0) is 21.4. The van der Waals surface area contributed by atoms with E-state index in [-0.39, 0.29) is 23.8 Å². The number of likely N-dealkylation sites (tertiary alicyclic amines) is 1. The number of benzene rings is 2. The molecule has 1 aliphatic heterocycles. The minimum absolute atomic E-state index is 0.107. The molecule has 2 fully saturated rings. The van der Waals surface area contributed by atoms with Crippen LogP contribution in [0, 0.1) is 11.8 Å². The second kappa shape index (κ2) is 8.15. The van der Waals surface area contributed by atoms with Gasteiger partial charge < -0.3 is 19.5 Å². The summed E-state index contributed by atoms with van der Waals surface area (Å²) in [6.07, 6.45) is 1.94. The van der Waals surface area contributed by atoms with Crippen molar-refractivity contribution in [2.45, 2.75) is 25.0 Å². The van der Waals surface area contributed by atoms with Crippen LogP contribution in [0.3, 0.4) is 0 Å². The minimum atomic E-state index is -0.582. The van der Waals surface area contributed by atoms with Gasteiger partial charge in [0, 0.05) is 13.1 Å². The number of rotatable bonds is 4. The highest BCUT2D eigenvalue weighted by Gasteiger charge is 2.44. The van der Waals surface area contributed by atoms with E-state index in [1.54, 1.807) is 13.3 Å². The second-order valence-corrected chi connectivity index (χ2v) is 8.32. The van der Waals surface area contributed by atoms with Crippen LogP contribution in [0.2, 0.25) is 0 Å². The van der Waals surface area contributed by atoms with Crippen LogP contribution in [0.15, 0.2) is 54.7 Å². The number of aromatic nitrogens is 2. The number of aliphatic hydroxyl groups excluding tert-OH is 1. The lowest BCUT2D eigenvalue weighted by molar-refractivity contribution is -0.0240. The molecule has 1 N–H and O–H groups in total. The molecule has 1 amide bonds. The van der Waals surface area contributed by atoms with Crippen LogP contribution in [0.4, 0.5) is 0 Å². The Kier molecular flexibility index (Phi) is 5.19. The van der Waals surface area contributed by atoms with Crippen molar-refractivity contribution < 1.29 is 19.4 Å². The Morgan fingerprint density at radius 3 is 2.45 bits per heavy atom. The van der Waals surface area contributed by atoms with Crippen molar-refractivity contribution in [2.75, 3.05) is 20.2 Å². The van der Waals surface area contributed by atoms with E-state index in [4.69, 9.17) is 9.47 Å². The fourth-order valence-electron chi connectivity index (χ4n) is 4.78. The number of methoxy groups -OCH3 is 1. The summed E-state index contributed by atoms with van der Waals surface area (Å²) in [5.74, 6) is 1.70. The highest BCUT2D eigenvalue weighted by atomic mass is 16.5. The largest absolute Gasteiger partial charge is 0.493 e. The van der Waals surface area contributed by atoms with Crippen molar-refractivity contribution in [2.24, 2.45) is 11.8 Å². The van der Waals surface area contributed by atoms with Gasteiger partial charge in [-0.05, 0) is 48.9 Å². The van der Waals surface area contributed by atoms with Crippen LogP contribution in [-0.4, -0.2) is 58.3 Å². The molecule has 1 aromatic heterocycles. The van der Waals surface area contributed by atoms with E-state index in [0.717, 1.165) is 5.52 Å². The summed E-state index contributed by atoms with van der Waals surface area (Å²) in [4.78, 5) is 23.8. The quantitative estimate of drug-likeness (QED) is 0.700. The van der Waals surface area contributed by atoms with Gasteiger partial charge in [0.2, 0.25) is 0 Å². The molecule has 7 heteroatoms. The molecule has 1 saturated carbocycles. The predicted octanol–water partition coefficient (Wildman–Crippen LogP) is 2.93. The number of para-hydroxylation sites is 4. The van der Waals surface area contributed by atoms with Gasteiger partial charge in [0.25, 0.3) is 5.91 Å². The van der Waals surface area contributed by atoms with Gasteiger partial charge in [0.05, 0.1) is 30.4 Å². The summed E-state index contributed by atoms with van der Waals surface area (Å²) in [5.41, 5.74) is 1.85. The molecular weight excluding hydrogens is 394 g/mol. The molecule has 1 saturated heterocycles. The Morgan fingerprint density at radius 2 is 1.68 bits per heavy atom. The molecule has 7 nitrogen and oxygen atoms in total. The summed E-state index contributed by atoms with van der Waals surface area (Å²) in [6, 6.07) is 15.0. The van der Waals surface area contributed by atoms with Crippen LogP contribution in [0.5, 0.6) is 11.5 Å². The van der Waals surface area contributed by atoms with Gasteiger partial charge in [-0.1, -0.05) is 24.3 Å². The van der Waals surface area contributed by atoms with Gasteiger partial charge >= 0.3 is 0 Å². The third kappa shape index (κ3) is 3.81. The zero-order valence-electron chi connectivity index (χ0n) is 17.3. The number of hydrogen-bond donors (Lipinski definition) is 1. The Labute approximate surface area is 180 Å². The number of nitrogens with zero attached hydrogens (tertiary/aromatic N) is 3. The van der Waals surface area contributed by atoms with E-state index < -0.39 is 6.10 Å². The van der Waals surface area contributed by atoms with E-state index in [0.29, 0.717) is 48.6 Å². The average Bonchev–Trinajstić information content (AvgIpc) is 3.21. The normalized spacial score (nSPS) is 25.3. The maximum Gasteiger partial charge on any atom is 0.274 e. The van der Waals surface area contributed by atoms with Gasteiger partial charge in [-0.3, -0.25) is 9.78 Å². The summed E-state index contributed by atoms with van der Waals surface area (Å²) in [6.45, 7) is 1.26. The van der Waals surface area contributed by atoms with Crippen LogP contribution < -0.4 is 9.47 Å². The Bertz CT molecular complexity index is 1100. The summed E-state index contributed by atoms with van der Waals surface area (Å²) < 4.78 is 11.5. The molecule has 2 heterocycles. The van der Waals surface area contributed by atoms with Crippen molar-refractivity contribution in [1.82, 2.24) is 14.9 Å².